The van der Waals surface area contributed by atoms with Crippen molar-refractivity contribution in [2.45, 2.75) is 32.4 Å². The van der Waals surface area contributed by atoms with E-state index in [1.54, 1.807) is 0 Å². The van der Waals surface area contributed by atoms with Crippen LogP contribution in [0.1, 0.15) is 30.6 Å². The molecule has 0 fully saturated rings. The minimum Gasteiger partial charge on any atom is -0.483 e. The maximum absolute atomic E-state index is 6.24. The van der Waals surface area contributed by atoms with E-state index in [1.807, 2.05) is 49.4 Å². The van der Waals surface area contributed by atoms with E-state index in [1.165, 1.54) is 0 Å². The molecule has 0 heterocycles. The van der Waals surface area contributed by atoms with Gasteiger partial charge in [0.05, 0.1) is 5.02 Å². The third-order valence-electron chi connectivity index (χ3n) is 3.40. The van der Waals surface area contributed by atoms with Crippen LogP contribution < -0.4 is 10.5 Å². The Bertz CT molecular complexity index is 600. The summed E-state index contributed by atoms with van der Waals surface area (Å²) in [6.07, 6.45) is 0.604. The first-order valence-corrected chi connectivity index (χ1v) is 8.12. The zero-order valence-electron chi connectivity index (χ0n) is 12.1. The van der Waals surface area contributed by atoms with Gasteiger partial charge in [-0.1, -0.05) is 52.7 Å². The smallest absolute Gasteiger partial charge is 0.139 e. The topological polar surface area (TPSA) is 35.2 Å². The predicted molar refractivity (Wildman–Crippen MR) is 92.0 cm³/mol. The molecule has 2 N–H and O–H groups in total. The first-order chi connectivity index (χ1) is 10.0. The fraction of sp³-hybridized carbons (Fsp3) is 0.294. The van der Waals surface area contributed by atoms with E-state index < -0.39 is 0 Å². The minimum atomic E-state index is -0.220. The van der Waals surface area contributed by atoms with Crippen molar-refractivity contribution in [3.8, 4) is 5.75 Å². The van der Waals surface area contributed by atoms with E-state index in [2.05, 4.69) is 22.9 Å². The Balaban J connectivity index is 2.32. The average Bonchev–Trinajstić information content (AvgIpc) is 2.48. The molecule has 0 aromatic heterocycles. The molecule has 0 aliphatic heterocycles. The molecular weight excluding hydrogens is 350 g/mol. The Kier molecular flexibility index (Phi) is 5.68. The summed E-state index contributed by atoms with van der Waals surface area (Å²) in [4.78, 5) is 0. The number of hydrogen-bond donors (Lipinski definition) is 1. The van der Waals surface area contributed by atoms with Gasteiger partial charge in [-0.25, -0.2) is 0 Å². The van der Waals surface area contributed by atoms with Gasteiger partial charge in [-0.05, 0) is 48.7 Å². The van der Waals surface area contributed by atoms with Gasteiger partial charge in [0.1, 0.15) is 11.9 Å². The summed E-state index contributed by atoms with van der Waals surface area (Å²) in [7, 11) is 0. The summed E-state index contributed by atoms with van der Waals surface area (Å²) in [5.74, 6) is 0.675. The highest BCUT2D eigenvalue weighted by atomic mass is 79.9. The molecule has 2 nitrogen and oxygen atoms in total. The van der Waals surface area contributed by atoms with Crippen LogP contribution in [0.15, 0.2) is 46.9 Å². The van der Waals surface area contributed by atoms with Crippen molar-refractivity contribution in [1.82, 2.24) is 0 Å². The normalized spacial score (nSPS) is 13.8. The Morgan fingerprint density at radius 3 is 2.48 bits per heavy atom. The molecule has 2 aromatic rings. The molecule has 0 amide bonds. The summed E-state index contributed by atoms with van der Waals surface area (Å²) >= 11 is 9.67. The summed E-state index contributed by atoms with van der Waals surface area (Å²) in [6.45, 7) is 4.06. The molecule has 4 heteroatoms. The monoisotopic (exact) mass is 367 g/mol. The largest absolute Gasteiger partial charge is 0.483 e. The van der Waals surface area contributed by atoms with Gasteiger partial charge in [-0.3, -0.25) is 0 Å². The van der Waals surface area contributed by atoms with Crippen molar-refractivity contribution in [2.24, 2.45) is 5.73 Å². The van der Waals surface area contributed by atoms with Crippen LogP contribution in [0.25, 0.3) is 0 Å². The van der Waals surface area contributed by atoms with Gasteiger partial charge >= 0.3 is 0 Å². The molecule has 2 atom stereocenters. The zero-order valence-corrected chi connectivity index (χ0v) is 14.5. The van der Waals surface area contributed by atoms with Crippen LogP contribution in [-0.4, -0.2) is 6.04 Å². The van der Waals surface area contributed by atoms with Crippen molar-refractivity contribution in [2.75, 3.05) is 0 Å². The Labute approximate surface area is 139 Å². The Morgan fingerprint density at radius 1 is 1.19 bits per heavy atom. The Hall–Kier alpha value is -1.03. The molecule has 2 unspecified atom stereocenters. The molecular formula is C17H19BrClNO. The quantitative estimate of drug-likeness (QED) is 0.780. The summed E-state index contributed by atoms with van der Waals surface area (Å²) in [5, 5.41) is 0.603. The van der Waals surface area contributed by atoms with Crippen molar-refractivity contribution >= 4 is 27.5 Å². The number of nitrogens with two attached hydrogens (primary N) is 1. The van der Waals surface area contributed by atoms with E-state index in [4.69, 9.17) is 22.1 Å². The lowest BCUT2D eigenvalue weighted by atomic mass is 10.0. The lowest BCUT2D eigenvalue weighted by molar-refractivity contribution is 0.171. The van der Waals surface area contributed by atoms with Crippen LogP contribution in [0, 0.1) is 6.92 Å². The molecule has 21 heavy (non-hydrogen) atoms. The first-order valence-electron chi connectivity index (χ1n) is 6.95. The van der Waals surface area contributed by atoms with Crippen molar-refractivity contribution < 1.29 is 4.74 Å². The van der Waals surface area contributed by atoms with E-state index in [9.17, 15) is 0 Å². The van der Waals surface area contributed by atoms with Gasteiger partial charge in [0, 0.05) is 10.5 Å². The van der Waals surface area contributed by atoms with E-state index in [-0.39, 0.29) is 12.1 Å². The molecule has 2 aromatic carbocycles. The van der Waals surface area contributed by atoms with Gasteiger partial charge < -0.3 is 10.5 Å². The van der Waals surface area contributed by atoms with Crippen LogP contribution >= 0.6 is 27.5 Å². The fourth-order valence-corrected chi connectivity index (χ4v) is 2.53. The summed E-state index contributed by atoms with van der Waals surface area (Å²) in [5.41, 5.74) is 8.40. The van der Waals surface area contributed by atoms with Crippen LogP contribution in [0.3, 0.4) is 0 Å². The van der Waals surface area contributed by atoms with E-state index in [0.717, 1.165) is 22.0 Å². The van der Waals surface area contributed by atoms with Crippen molar-refractivity contribution in [3.63, 3.8) is 0 Å². The molecule has 0 radical (unpaired) electrons. The highest BCUT2D eigenvalue weighted by Crippen LogP contribution is 2.32. The number of rotatable bonds is 5. The third-order valence-corrected chi connectivity index (χ3v) is 4.24. The van der Waals surface area contributed by atoms with Gasteiger partial charge in [0.25, 0.3) is 0 Å². The predicted octanol–water partition coefficient (Wildman–Crippen LogP) is 5.27. The van der Waals surface area contributed by atoms with Crippen molar-refractivity contribution in [3.05, 3.63) is 63.1 Å². The summed E-state index contributed by atoms with van der Waals surface area (Å²) < 4.78 is 7.16. The molecule has 0 aliphatic rings. The molecule has 112 valence electrons. The van der Waals surface area contributed by atoms with Crippen LogP contribution in [0.4, 0.5) is 0 Å². The van der Waals surface area contributed by atoms with Crippen LogP contribution in [0.2, 0.25) is 5.02 Å². The number of aryl methyl sites for hydroxylation is 1. The lowest BCUT2D eigenvalue weighted by Crippen LogP contribution is -2.31. The molecule has 2 rings (SSSR count). The minimum absolute atomic E-state index is 0.0947. The standard InChI is InChI=1S/C17H19BrClNO/c1-3-15(20)17(12-5-7-13(18)8-6-12)21-16-10-11(2)4-9-14(16)19/h4-10,15,17H,3,20H2,1-2H3. The first kappa shape index (κ1) is 16.3. The maximum atomic E-state index is 6.24. The lowest BCUT2D eigenvalue weighted by Gasteiger charge is -2.25. The van der Waals surface area contributed by atoms with Gasteiger partial charge in [-0.15, -0.1) is 0 Å². The summed E-state index contributed by atoms with van der Waals surface area (Å²) in [6, 6.07) is 13.7. The van der Waals surface area contributed by atoms with Crippen LogP contribution in [0.5, 0.6) is 5.75 Å². The number of halogens is 2. The van der Waals surface area contributed by atoms with Crippen LogP contribution in [-0.2, 0) is 0 Å². The Morgan fingerprint density at radius 2 is 1.86 bits per heavy atom. The maximum Gasteiger partial charge on any atom is 0.139 e. The number of ether oxygens (including phenoxy) is 1. The second-order valence-electron chi connectivity index (χ2n) is 5.10. The fourth-order valence-electron chi connectivity index (χ4n) is 2.11. The molecule has 0 saturated carbocycles. The highest BCUT2D eigenvalue weighted by Gasteiger charge is 2.21. The van der Waals surface area contributed by atoms with Gasteiger partial charge in [-0.2, -0.15) is 0 Å². The number of hydrogen-bond acceptors (Lipinski definition) is 2. The second kappa shape index (κ2) is 7.30. The van der Waals surface area contributed by atoms with Crippen molar-refractivity contribution in [1.29, 1.82) is 0 Å². The molecule has 0 bridgehead atoms. The average molecular weight is 369 g/mol. The van der Waals surface area contributed by atoms with Gasteiger partial charge in [0.2, 0.25) is 0 Å². The third kappa shape index (κ3) is 4.22. The number of benzene rings is 2. The van der Waals surface area contributed by atoms with Gasteiger partial charge in [0.15, 0.2) is 0 Å². The molecule has 0 aliphatic carbocycles. The molecule has 0 spiro atoms. The molecule has 0 saturated heterocycles. The SMILES string of the molecule is CCC(N)C(Oc1cc(C)ccc1Cl)c1ccc(Br)cc1. The van der Waals surface area contributed by atoms with E-state index >= 15 is 0 Å². The highest BCUT2D eigenvalue weighted by molar-refractivity contribution is 9.10. The zero-order chi connectivity index (χ0) is 15.4. The second-order valence-corrected chi connectivity index (χ2v) is 6.42. The van der Waals surface area contributed by atoms with E-state index in [0.29, 0.717) is 10.8 Å².